The van der Waals surface area contributed by atoms with Crippen LogP contribution in [0.15, 0.2) is 41.1 Å². The minimum atomic E-state index is 0.567. The molecule has 0 fully saturated rings. The number of hydrogen-bond donors (Lipinski definition) is 0. The average molecular weight is 277 g/mol. The zero-order valence-corrected chi connectivity index (χ0v) is 10.9. The van der Waals surface area contributed by atoms with E-state index in [1.165, 1.54) is 0 Å². The second-order valence-electron chi connectivity index (χ2n) is 3.76. The lowest BCUT2D eigenvalue weighted by molar-refractivity contribution is 0.653. The van der Waals surface area contributed by atoms with Crippen LogP contribution in [0.3, 0.4) is 0 Å². The summed E-state index contributed by atoms with van der Waals surface area (Å²) in [5, 5.41) is 16.5. The molecule has 0 aliphatic heterocycles. The first-order valence-electron chi connectivity index (χ1n) is 5.37. The van der Waals surface area contributed by atoms with Gasteiger partial charge in [-0.3, -0.25) is 0 Å². The largest absolute Gasteiger partial charge is 0.221 e. The molecule has 18 heavy (non-hydrogen) atoms. The van der Waals surface area contributed by atoms with Crippen molar-refractivity contribution in [1.29, 1.82) is 0 Å². The molecule has 0 amide bonds. The van der Waals surface area contributed by atoms with Gasteiger partial charge in [-0.25, -0.2) is 4.68 Å². The summed E-state index contributed by atoms with van der Waals surface area (Å²) < 4.78 is 1.75. The average Bonchev–Trinajstić information content (AvgIpc) is 3.02. The molecule has 0 aliphatic rings. The second kappa shape index (κ2) is 4.88. The molecule has 0 aliphatic carbocycles. The SMILES string of the molecule is Clc1ccccc1Cn1nnnc1-c1ccsc1. The maximum Gasteiger partial charge on any atom is 0.183 e. The third-order valence-corrected chi connectivity index (χ3v) is 3.64. The number of tetrazole rings is 1. The summed E-state index contributed by atoms with van der Waals surface area (Å²) >= 11 is 7.76. The van der Waals surface area contributed by atoms with Crippen molar-refractivity contribution in [2.24, 2.45) is 0 Å². The molecule has 0 atom stereocenters. The first kappa shape index (κ1) is 11.4. The molecule has 0 saturated heterocycles. The van der Waals surface area contributed by atoms with E-state index in [4.69, 9.17) is 11.6 Å². The van der Waals surface area contributed by atoms with Gasteiger partial charge in [0, 0.05) is 16.0 Å². The Morgan fingerprint density at radius 1 is 1.22 bits per heavy atom. The molecule has 0 spiro atoms. The molecule has 90 valence electrons. The predicted octanol–water partition coefficient (Wildman–Crippen LogP) is 3.10. The summed E-state index contributed by atoms with van der Waals surface area (Å²) in [4.78, 5) is 0. The molecule has 1 aromatic carbocycles. The van der Waals surface area contributed by atoms with Crippen LogP contribution in [0.25, 0.3) is 11.4 Å². The lowest BCUT2D eigenvalue weighted by Crippen LogP contribution is -2.04. The molecule has 0 unspecified atom stereocenters. The van der Waals surface area contributed by atoms with Crippen molar-refractivity contribution >= 4 is 22.9 Å². The molecular formula is C12H9ClN4S. The Bertz CT molecular complexity index is 648. The van der Waals surface area contributed by atoms with E-state index in [0.29, 0.717) is 6.54 Å². The lowest BCUT2D eigenvalue weighted by atomic mass is 10.2. The highest BCUT2D eigenvalue weighted by molar-refractivity contribution is 7.08. The molecule has 0 N–H and O–H groups in total. The number of thiophene rings is 1. The molecule has 3 rings (SSSR count). The molecule has 4 nitrogen and oxygen atoms in total. The van der Waals surface area contributed by atoms with Crippen LogP contribution in [0.1, 0.15) is 5.56 Å². The van der Waals surface area contributed by atoms with Crippen LogP contribution in [0, 0.1) is 0 Å². The highest BCUT2D eigenvalue weighted by atomic mass is 35.5. The Balaban J connectivity index is 1.95. The van der Waals surface area contributed by atoms with Gasteiger partial charge in [0.2, 0.25) is 0 Å². The van der Waals surface area contributed by atoms with E-state index < -0.39 is 0 Å². The van der Waals surface area contributed by atoms with E-state index in [1.807, 2.05) is 41.1 Å². The monoisotopic (exact) mass is 276 g/mol. The van der Waals surface area contributed by atoms with Crippen LogP contribution in [-0.4, -0.2) is 20.2 Å². The van der Waals surface area contributed by atoms with E-state index in [1.54, 1.807) is 16.0 Å². The summed E-state index contributed by atoms with van der Waals surface area (Å²) in [6, 6.07) is 9.70. The standard InChI is InChI=1S/C12H9ClN4S/c13-11-4-2-1-3-9(11)7-17-12(14-15-16-17)10-5-6-18-8-10/h1-6,8H,7H2. The Hall–Kier alpha value is -1.72. The summed E-state index contributed by atoms with van der Waals surface area (Å²) in [5.41, 5.74) is 2.03. The van der Waals surface area contributed by atoms with Gasteiger partial charge in [-0.1, -0.05) is 29.8 Å². The third kappa shape index (κ3) is 2.14. The van der Waals surface area contributed by atoms with Crippen LogP contribution in [-0.2, 0) is 6.54 Å². The molecule has 2 aromatic heterocycles. The number of aromatic nitrogens is 4. The fourth-order valence-corrected chi connectivity index (χ4v) is 2.53. The number of halogens is 1. The summed E-state index contributed by atoms with van der Waals surface area (Å²) in [6.07, 6.45) is 0. The fourth-order valence-electron chi connectivity index (χ4n) is 1.70. The number of benzene rings is 1. The van der Waals surface area contributed by atoms with Gasteiger partial charge in [0.1, 0.15) is 0 Å². The zero-order chi connectivity index (χ0) is 12.4. The molecule has 0 bridgehead atoms. The summed E-state index contributed by atoms with van der Waals surface area (Å²) in [7, 11) is 0. The van der Waals surface area contributed by atoms with Gasteiger partial charge >= 0.3 is 0 Å². The van der Waals surface area contributed by atoms with Crippen LogP contribution in [0.4, 0.5) is 0 Å². The lowest BCUT2D eigenvalue weighted by Gasteiger charge is -2.05. The first-order valence-corrected chi connectivity index (χ1v) is 6.69. The van der Waals surface area contributed by atoms with Crippen LogP contribution >= 0.6 is 22.9 Å². The zero-order valence-electron chi connectivity index (χ0n) is 9.32. The normalized spacial score (nSPS) is 10.7. The summed E-state index contributed by atoms with van der Waals surface area (Å²) in [6.45, 7) is 0.567. The van der Waals surface area contributed by atoms with Crippen molar-refractivity contribution in [3.8, 4) is 11.4 Å². The minimum Gasteiger partial charge on any atom is -0.221 e. The van der Waals surface area contributed by atoms with Crippen molar-refractivity contribution in [3.63, 3.8) is 0 Å². The van der Waals surface area contributed by atoms with Gasteiger partial charge in [0.25, 0.3) is 0 Å². The van der Waals surface area contributed by atoms with E-state index in [2.05, 4.69) is 15.5 Å². The predicted molar refractivity (Wildman–Crippen MR) is 71.7 cm³/mol. The molecule has 0 saturated carbocycles. The fraction of sp³-hybridized carbons (Fsp3) is 0.0833. The topological polar surface area (TPSA) is 43.6 Å². The van der Waals surface area contributed by atoms with Gasteiger partial charge in [-0.2, -0.15) is 11.3 Å². The Kier molecular flexibility index (Phi) is 3.08. The van der Waals surface area contributed by atoms with E-state index in [9.17, 15) is 0 Å². The first-order chi connectivity index (χ1) is 8.84. The maximum absolute atomic E-state index is 6.14. The van der Waals surface area contributed by atoms with Crippen molar-refractivity contribution in [2.75, 3.05) is 0 Å². The quantitative estimate of drug-likeness (QED) is 0.738. The number of rotatable bonds is 3. The molecule has 0 radical (unpaired) electrons. The summed E-state index contributed by atoms with van der Waals surface area (Å²) in [5.74, 6) is 0.760. The van der Waals surface area contributed by atoms with Gasteiger partial charge in [0.05, 0.1) is 6.54 Å². The molecule has 6 heteroatoms. The minimum absolute atomic E-state index is 0.567. The third-order valence-electron chi connectivity index (χ3n) is 2.59. The van der Waals surface area contributed by atoms with Gasteiger partial charge in [-0.15, -0.1) is 5.10 Å². The Labute approximate surface area is 113 Å². The maximum atomic E-state index is 6.14. The smallest absolute Gasteiger partial charge is 0.183 e. The Morgan fingerprint density at radius 3 is 2.89 bits per heavy atom. The van der Waals surface area contributed by atoms with E-state index in [0.717, 1.165) is 22.0 Å². The van der Waals surface area contributed by atoms with Crippen LogP contribution in [0.2, 0.25) is 5.02 Å². The van der Waals surface area contributed by atoms with Gasteiger partial charge in [0.15, 0.2) is 5.82 Å². The van der Waals surface area contributed by atoms with Crippen molar-refractivity contribution in [1.82, 2.24) is 20.2 Å². The van der Waals surface area contributed by atoms with Gasteiger partial charge in [-0.05, 0) is 33.5 Å². The van der Waals surface area contributed by atoms with Crippen LogP contribution in [0.5, 0.6) is 0 Å². The highest BCUT2D eigenvalue weighted by Gasteiger charge is 2.10. The highest BCUT2D eigenvalue weighted by Crippen LogP contribution is 2.21. The molecular weight excluding hydrogens is 268 g/mol. The van der Waals surface area contributed by atoms with Crippen molar-refractivity contribution in [3.05, 3.63) is 51.7 Å². The van der Waals surface area contributed by atoms with Gasteiger partial charge < -0.3 is 0 Å². The Morgan fingerprint density at radius 2 is 2.11 bits per heavy atom. The number of nitrogens with zero attached hydrogens (tertiary/aromatic N) is 4. The second-order valence-corrected chi connectivity index (χ2v) is 4.95. The van der Waals surface area contributed by atoms with Crippen molar-refractivity contribution in [2.45, 2.75) is 6.54 Å². The van der Waals surface area contributed by atoms with E-state index in [-0.39, 0.29) is 0 Å². The van der Waals surface area contributed by atoms with Crippen molar-refractivity contribution < 1.29 is 0 Å². The molecule has 3 aromatic rings. The molecule has 2 heterocycles. The van der Waals surface area contributed by atoms with E-state index >= 15 is 0 Å². The number of hydrogen-bond acceptors (Lipinski definition) is 4. The van der Waals surface area contributed by atoms with Crippen LogP contribution < -0.4 is 0 Å².